The molecule has 6 rings (SSSR count). The summed E-state index contributed by atoms with van der Waals surface area (Å²) in [5, 5.41) is 58.8. The fraction of sp³-hybridized carbons (Fsp3) is 0. The summed E-state index contributed by atoms with van der Waals surface area (Å²) in [4.78, 5) is 25.9. The van der Waals surface area contributed by atoms with Gasteiger partial charge in [-0.15, -0.1) is 0 Å². The fourth-order valence-corrected chi connectivity index (χ4v) is 4.69. The van der Waals surface area contributed by atoms with Crippen molar-refractivity contribution in [2.75, 3.05) is 0 Å². The van der Waals surface area contributed by atoms with Crippen LogP contribution in [0, 0.1) is 0 Å². The van der Waals surface area contributed by atoms with E-state index in [2.05, 4.69) is 19.9 Å². The Balaban J connectivity index is 1.58. The van der Waals surface area contributed by atoms with Gasteiger partial charge >= 0.3 is 12.2 Å². The monoisotopic (exact) mass is 478 g/mol. The highest BCUT2D eigenvalue weighted by molar-refractivity contribution is 7.22. The van der Waals surface area contributed by atoms with E-state index in [-0.39, 0.29) is 70.3 Å². The molecule has 6 N–H and O–H groups in total. The predicted octanol–water partition coefficient (Wildman–Crippen LogP) is 2.79. The number of phenols is 2. The molecule has 0 radical (unpaired) electrons. The Morgan fingerprint density at radius 2 is 1.16 bits per heavy atom. The van der Waals surface area contributed by atoms with Crippen molar-refractivity contribution in [1.29, 1.82) is 0 Å². The summed E-state index contributed by atoms with van der Waals surface area (Å²) in [6, 6.07) is 0. The number of aromatic nitrogens is 4. The summed E-state index contributed by atoms with van der Waals surface area (Å²) in [6.07, 6.45) is -1.61. The molecule has 0 bridgehead atoms. The maximum absolute atomic E-state index is 10.4. The number of aromatic hydroxyl groups is 6. The largest absolute Gasteiger partial charge is 0.504 e. The van der Waals surface area contributed by atoms with Crippen LogP contribution in [0.2, 0.25) is 0 Å². The topological polar surface area (TPSA) is 218 Å². The van der Waals surface area contributed by atoms with Gasteiger partial charge in [-0.05, 0) is 0 Å². The average Bonchev–Trinajstić information content (AvgIpc) is 3.49. The van der Waals surface area contributed by atoms with Gasteiger partial charge in [0.2, 0.25) is 16.9 Å². The second kappa shape index (κ2) is 6.05. The molecule has 0 amide bonds. The van der Waals surface area contributed by atoms with Crippen LogP contribution in [0.5, 0.6) is 45.5 Å². The third-order valence-corrected chi connectivity index (χ3v) is 6.11. The molecule has 162 valence electrons. The van der Waals surface area contributed by atoms with Gasteiger partial charge < -0.3 is 39.5 Å². The lowest BCUT2D eigenvalue weighted by molar-refractivity contribution is -0.0948. The minimum absolute atomic E-state index is 0.00386. The lowest BCUT2D eigenvalue weighted by Crippen LogP contribution is -2.02. The number of fused-ring (bicyclic) bond motifs is 4. The molecule has 0 saturated carbocycles. The first kappa shape index (κ1) is 18.3. The van der Waals surface area contributed by atoms with Gasteiger partial charge in [-0.2, -0.15) is 19.9 Å². The molecule has 16 heteroatoms. The van der Waals surface area contributed by atoms with Gasteiger partial charge in [0.15, 0.2) is 22.5 Å². The molecular formula is C16H6N4O10S2. The molecule has 6 aromatic rings. The number of hydrogen-bond donors (Lipinski definition) is 6. The standard InChI is InChI=1S/C16H6N4O10S2/c21-5-1-8(28-13(23)17-1)9(3-7(5)27-14(24)18-3)29-30-10-4-11(31-16(26)20-4)6(22)2-12(10)32-15(25)19-2/h21-22H,(H,17,23)(H,18,24)(H,19,25)(H,20,26). The third kappa shape index (κ3) is 2.38. The van der Waals surface area contributed by atoms with Crippen LogP contribution in [0.3, 0.4) is 0 Å². The van der Waals surface area contributed by atoms with Crippen LogP contribution in [0.25, 0.3) is 42.6 Å². The number of oxazole rings is 2. The Bertz CT molecular complexity index is 1470. The number of nitrogens with zero attached hydrogens (tertiary/aromatic N) is 4. The summed E-state index contributed by atoms with van der Waals surface area (Å²) >= 11 is 1.48. The van der Waals surface area contributed by atoms with Crippen molar-refractivity contribution in [1.82, 2.24) is 19.9 Å². The van der Waals surface area contributed by atoms with Gasteiger partial charge in [-0.1, -0.05) is 22.7 Å². The highest BCUT2D eigenvalue weighted by Crippen LogP contribution is 2.50. The minimum Gasteiger partial charge on any atom is -0.504 e. The summed E-state index contributed by atoms with van der Waals surface area (Å²) in [5.41, 5.74) is -1.16. The quantitative estimate of drug-likeness (QED) is 0.159. The second-order valence-corrected chi connectivity index (χ2v) is 8.17. The molecule has 0 fully saturated rings. The van der Waals surface area contributed by atoms with E-state index in [4.69, 9.17) is 18.6 Å². The summed E-state index contributed by atoms with van der Waals surface area (Å²) in [5.74, 6) is -1.38. The van der Waals surface area contributed by atoms with Crippen LogP contribution in [-0.4, -0.2) is 50.6 Å². The molecule has 0 unspecified atom stereocenters. The average molecular weight is 478 g/mol. The van der Waals surface area contributed by atoms with Crippen LogP contribution in [0.1, 0.15) is 0 Å². The highest BCUT2D eigenvalue weighted by Gasteiger charge is 2.29. The zero-order chi connectivity index (χ0) is 22.3. The van der Waals surface area contributed by atoms with E-state index in [1.165, 1.54) is 0 Å². The number of hydrogen-bond acceptors (Lipinski definition) is 16. The number of benzene rings is 2. The Hall–Kier alpha value is -4.44. The number of rotatable bonds is 3. The van der Waals surface area contributed by atoms with Crippen LogP contribution >= 0.6 is 22.7 Å². The summed E-state index contributed by atoms with van der Waals surface area (Å²) < 4.78 is 10.2. The van der Waals surface area contributed by atoms with Crippen molar-refractivity contribution in [3.8, 4) is 45.5 Å². The summed E-state index contributed by atoms with van der Waals surface area (Å²) in [7, 11) is 0. The lowest BCUT2D eigenvalue weighted by atomic mass is 10.2. The molecule has 0 aliphatic rings. The first-order valence-corrected chi connectivity index (χ1v) is 9.97. The SMILES string of the molecule is Oc1nc2c(OOc3c4nc(O)sc4c(O)c4nc(O)sc34)c3oc(O)nc3c(O)c2o1. The van der Waals surface area contributed by atoms with Crippen LogP contribution in [0.15, 0.2) is 8.83 Å². The zero-order valence-corrected chi connectivity index (χ0v) is 16.6. The van der Waals surface area contributed by atoms with Crippen molar-refractivity contribution >= 4 is 65.3 Å². The maximum Gasteiger partial charge on any atom is 0.392 e. The van der Waals surface area contributed by atoms with E-state index in [9.17, 15) is 30.6 Å². The van der Waals surface area contributed by atoms with E-state index in [1.807, 2.05) is 0 Å². The fourth-order valence-electron chi connectivity index (χ4n) is 3.16. The molecule has 0 spiro atoms. The lowest BCUT2D eigenvalue weighted by Gasteiger charge is -2.08. The Labute approximate surface area is 180 Å². The number of thiazole rings is 2. The molecule has 4 aromatic heterocycles. The Morgan fingerprint density at radius 1 is 0.562 bits per heavy atom. The molecule has 0 aliphatic carbocycles. The van der Waals surface area contributed by atoms with Crippen molar-refractivity contribution in [3.63, 3.8) is 0 Å². The van der Waals surface area contributed by atoms with Gasteiger partial charge in [0.25, 0.3) is 16.1 Å². The Morgan fingerprint density at radius 3 is 1.91 bits per heavy atom. The van der Waals surface area contributed by atoms with Gasteiger partial charge in [-0.25, -0.2) is 0 Å². The number of phenolic OH excluding ortho intramolecular Hbond substituents is 2. The maximum atomic E-state index is 10.4. The van der Waals surface area contributed by atoms with Gasteiger partial charge in [-0.3, -0.25) is 9.78 Å². The molecule has 0 atom stereocenters. The predicted molar refractivity (Wildman–Crippen MR) is 106 cm³/mol. The van der Waals surface area contributed by atoms with E-state index in [0.29, 0.717) is 0 Å². The van der Waals surface area contributed by atoms with E-state index >= 15 is 0 Å². The van der Waals surface area contributed by atoms with Crippen molar-refractivity contribution in [2.24, 2.45) is 0 Å². The normalized spacial score (nSPS) is 11.9. The molecular weight excluding hydrogens is 472 g/mol. The van der Waals surface area contributed by atoms with Crippen LogP contribution in [0.4, 0.5) is 0 Å². The van der Waals surface area contributed by atoms with Crippen molar-refractivity contribution < 1.29 is 49.2 Å². The van der Waals surface area contributed by atoms with Crippen LogP contribution in [-0.2, 0) is 0 Å². The Kier molecular flexibility index (Phi) is 3.47. The molecule has 0 saturated heterocycles. The third-order valence-electron chi connectivity index (χ3n) is 4.39. The molecule has 14 nitrogen and oxygen atoms in total. The van der Waals surface area contributed by atoms with Gasteiger partial charge in [0.1, 0.15) is 20.4 Å². The van der Waals surface area contributed by atoms with Crippen molar-refractivity contribution in [3.05, 3.63) is 0 Å². The molecule has 0 aliphatic heterocycles. The molecule has 4 heterocycles. The van der Waals surface area contributed by atoms with Crippen LogP contribution < -0.4 is 9.78 Å². The zero-order valence-electron chi connectivity index (χ0n) is 14.9. The first-order valence-electron chi connectivity index (χ1n) is 8.34. The van der Waals surface area contributed by atoms with Crippen molar-refractivity contribution in [2.45, 2.75) is 0 Å². The molecule has 2 aromatic carbocycles. The first-order chi connectivity index (χ1) is 15.3. The summed E-state index contributed by atoms with van der Waals surface area (Å²) in [6.45, 7) is 0. The van der Waals surface area contributed by atoms with Gasteiger partial charge in [0.05, 0.1) is 0 Å². The molecule has 32 heavy (non-hydrogen) atoms. The highest BCUT2D eigenvalue weighted by atomic mass is 32.1. The van der Waals surface area contributed by atoms with E-state index in [0.717, 1.165) is 22.7 Å². The minimum atomic E-state index is -0.803. The van der Waals surface area contributed by atoms with Gasteiger partial charge in [0, 0.05) is 0 Å². The van der Waals surface area contributed by atoms with E-state index in [1.54, 1.807) is 0 Å². The smallest absolute Gasteiger partial charge is 0.392 e. The second-order valence-electron chi connectivity index (χ2n) is 6.22. The van der Waals surface area contributed by atoms with E-state index < -0.39 is 17.9 Å².